The number of aromatic hydroxyl groups is 1. The van der Waals surface area contributed by atoms with Crippen molar-refractivity contribution < 1.29 is 19.4 Å². The van der Waals surface area contributed by atoms with Crippen molar-refractivity contribution in [2.75, 3.05) is 33.4 Å². The molecule has 0 spiro atoms. The maximum Gasteiger partial charge on any atom is 0.220 e. The van der Waals surface area contributed by atoms with E-state index in [9.17, 15) is 9.90 Å². The number of rotatable bonds is 8. The number of methoxy groups -OCH3 is 1. The molecular weight excluding hydrogens is 432 g/mol. The van der Waals surface area contributed by atoms with Crippen molar-refractivity contribution in [3.8, 4) is 39.6 Å². The first kappa shape index (κ1) is 23.6. The number of phenolic OH excluding ortho intramolecular Hbond substituents is 1. The Morgan fingerprint density at radius 1 is 1.18 bits per heavy atom. The van der Waals surface area contributed by atoms with E-state index in [1.807, 2.05) is 50.2 Å². The van der Waals surface area contributed by atoms with Crippen LogP contribution in [0.3, 0.4) is 0 Å². The number of aromatic nitrogens is 2. The Kier molecular flexibility index (Phi) is 7.07. The van der Waals surface area contributed by atoms with Crippen molar-refractivity contribution in [1.29, 1.82) is 0 Å². The van der Waals surface area contributed by atoms with Gasteiger partial charge in [-0.3, -0.25) is 14.8 Å². The number of hydrogen-bond donors (Lipinski definition) is 3. The molecule has 3 aromatic rings. The molecule has 1 aliphatic rings. The summed E-state index contributed by atoms with van der Waals surface area (Å²) in [4.78, 5) is 13.6. The molecule has 4 rings (SSSR count). The zero-order valence-electron chi connectivity index (χ0n) is 19.9. The van der Waals surface area contributed by atoms with Crippen LogP contribution in [0.15, 0.2) is 36.4 Å². The van der Waals surface area contributed by atoms with Crippen molar-refractivity contribution in [2.24, 2.45) is 11.7 Å². The Labute approximate surface area is 199 Å². The number of piperidine rings is 1. The average molecular weight is 465 g/mol. The second-order valence-electron chi connectivity index (χ2n) is 8.75. The lowest BCUT2D eigenvalue weighted by Crippen LogP contribution is -2.40. The summed E-state index contributed by atoms with van der Waals surface area (Å²) in [6, 6.07) is 11.5. The minimum absolute atomic E-state index is 0.0163. The highest BCUT2D eigenvalue weighted by Crippen LogP contribution is 2.41. The number of phenols is 1. The van der Waals surface area contributed by atoms with Crippen LogP contribution >= 0.6 is 0 Å². The molecule has 180 valence electrons. The second-order valence-corrected chi connectivity index (χ2v) is 8.75. The monoisotopic (exact) mass is 464 g/mol. The van der Waals surface area contributed by atoms with E-state index in [2.05, 4.69) is 15.1 Å². The molecule has 2 aromatic carbocycles. The standard InChI is InChI=1S/C26H32N4O4/c1-16-22(34-15-14-30-12-10-19(11-13-30)26(27)32)9-8-21(25(16)31)24-23(17(2)28-29-24)18-4-6-20(33-3)7-5-18/h4-9,19,31H,10-15H2,1-3H3,(H2,27,32)(H,28,29). The van der Waals surface area contributed by atoms with Gasteiger partial charge in [0.15, 0.2) is 0 Å². The van der Waals surface area contributed by atoms with Crippen molar-refractivity contribution in [2.45, 2.75) is 26.7 Å². The van der Waals surface area contributed by atoms with Gasteiger partial charge in [-0.05, 0) is 69.6 Å². The van der Waals surface area contributed by atoms with Gasteiger partial charge in [0, 0.05) is 34.8 Å². The molecule has 1 fully saturated rings. The number of aryl methyl sites for hydroxylation is 1. The van der Waals surface area contributed by atoms with Gasteiger partial charge >= 0.3 is 0 Å². The van der Waals surface area contributed by atoms with E-state index in [0.717, 1.165) is 55.0 Å². The minimum atomic E-state index is -0.204. The summed E-state index contributed by atoms with van der Waals surface area (Å²) in [5.74, 6) is 1.36. The highest BCUT2D eigenvalue weighted by atomic mass is 16.5. The molecule has 0 unspecified atom stereocenters. The van der Waals surface area contributed by atoms with Gasteiger partial charge in [0.05, 0.1) is 7.11 Å². The van der Waals surface area contributed by atoms with Gasteiger partial charge in [-0.2, -0.15) is 5.10 Å². The Balaban J connectivity index is 1.47. The number of nitrogens with one attached hydrogen (secondary N) is 1. The summed E-state index contributed by atoms with van der Waals surface area (Å²) in [6.07, 6.45) is 1.59. The molecule has 8 heteroatoms. The van der Waals surface area contributed by atoms with Gasteiger partial charge in [-0.1, -0.05) is 12.1 Å². The number of benzene rings is 2. The lowest BCUT2D eigenvalue weighted by molar-refractivity contribution is -0.123. The molecule has 8 nitrogen and oxygen atoms in total. The van der Waals surface area contributed by atoms with E-state index in [-0.39, 0.29) is 17.6 Å². The van der Waals surface area contributed by atoms with E-state index in [1.54, 1.807) is 7.11 Å². The first-order valence-corrected chi connectivity index (χ1v) is 11.6. The van der Waals surface area contributed by atoms with Crippen LogP contribution < -0.4 is 15.2 Å². The Hall–Kier alpha value is -3.52. The van der Waals surface area contributed by atoms with Crippen molar-refractivity contribution in [1.82, 2.24) is 15.1 Å². The fourth-order valence-electron chi connectivity index (χ4n) is 4.49. The number of aromatic amines is 1. The number of hydrogen-bond acceptors (Lipinski definition) is 6. The van der Waals surface area contributed by atoms with Gasteiger partial charge in [-0.25, -0.2) is 0 Å². The highest BCUT2D eigenvalue weighted by molar-refractivity contribution is 5.86. The van der Waals surface area contributed by atoms with Gasteiger partial charge in [0.25, 0.3) is 0 Å². The summed E-state index contributed by atoms with van der Waals surface area (Å²) in [5.41, 5.74) is 10.3. The number of H-pyrrole nitrogens is 1. The third-order valence-corrected chi connectivity index (χ3v) is 6.62. The van der Waals surface area contributed by atoms with Crippen molar-refractivity contribution >= 4 is 5.91 Å². The van der Waals surface area contributed by atoms with E-state index in [0.29, 0.717) is 29.2 Å². The molecule has 1 aromatic heterocycles. The number of primary amides is 1. The summed E-state index contributed by atoms with van der Waals surface area (Å²) in [6.45, 7) is 6.75. The van der Waals surface area contributed by atoms with E-state index in [1.165, 1.54) is 0 Å². The highest BCUT2D eigenvalue weighted by Gasteiger charge is 2.23. The SMILES string of the molecule is COc1ccc(-c2c(-c3ccc(OCCN4CCC(C(N)=O)CC4)c(C)c3O)n[nH]c2C)cc1. The quantitative estimate of drug-likeness (QED) is 0.469. The Bertz CT molecular complexity index is 1150. The molecular formula is C26H32N4O4. The molecule has 0 radical (unpaired) electrons. The number of ether oxygens (including phenoxy) is 2. The number of nitrogens with two attached hydrogens (primary N) is 1. The zero-order chi connectivity index (χ0) is 24.2. The third kappa shape index (κ3) is 4.87. The van der Waals surface area contributed by atoms with Crippen LogP contribution in [-0.2, 0) is 4.79 Å². The summed E-state index contributed by atoms with van der Waals surface area (Å²) in [5, 5.41) is 18.5. The normalized spacial score (nSPS) is 14.8. The Morgan fingerprint density at radius 2 is 1.88 bits per heavy atom. The van der Waals surface area contributed by atoms with Crippen LogP contribution in [0.5, 0.6) is 17.2 Å². The first-order chi connectivity index (χ1) is 16.4. The zero-order valence-corrected chi connectivity index (χ0v) is 19.9. The summed E-state index contributed by atoms with van der Waals surface area (Å²) in [7, 11) is 1.64. The topological polar surface area (TPSA) is 114 Å². The third-order valence-electron chi connectivity index (χ3n) is 6.62. The van der Waals surface area contributed by atoms with Gasteiger partial charge in [0.1, 0.15) is 29.5 Å². The lowest BCUT2D eigenvalue weighted by Gasteiger charge is -2.30. The predicted molar refractivity (Wildman–Crippen MR) is 131 cm³/mol. The molecule has 1 saturated heterocycles. The van der Waals surface area contributed by atoms with E-state index in [4.69, 9.17) is 15.2 Å². The predicted octanol–water partition coefficient (Wildman–Crippen LogP) is 3.65. The lowest BCUT2D eigenvalue weighted by atomic mass is 9.96. The van der Waals surface area contributed by atoms with Crippen molar-refractivity contribution in [3.05, 3.63) is 47.7 Å². The fraction of sp³-hybridized carbons (Fsp3) is 0.385. The van der Waals surface area contributed by atoms with E-state index >= 15 is 0 Å². The minimum Gasteiger partial charge on any atom is -0.507 e. The molecule has 1 amide bonds. The number of carbonyl (C=O) groups excluding carboxylic acids is 1. The molecule has 0 atom stereocenters. The number of amides is 1. The van der Waals surface area contributed by atoms with Gasteiger partial charge in [-0.15, -0.1) is 0 Å². The fourth-order valence-corrected chi connectivity index (χ4v) is 4.49. The van der Waals surface area contributed by atoms with Crippen LogP contribution in [-0.4, -0.2) is 59.5 Å². The molecule has 0 bridgehead atoms. The first-order valence-electron chi connectivity index (χ1n) is 11.6. The van der Waals surface area contributed by atoms with Gasteiger partial charge in [0.2, 0.25) is 5.91 Å². The number of carbonyl (C=O) groups is 1. The summed E-state index contributed by atoms with van der Waals surface area (Å²) < 4.78 is 11.3. The maximum atomic E-state index is 11.3. The maximum absolute atomic E-state index is 11.3. The smallest absolute Gasteiger partial charge is 0.220 e. The molecule has 34 heavy (non-hydrogen) atoms. The molecule has 1 aliphatic heterocycles. The van der Waals surface area contributed by atoms with Crippen LogP contribution in [0.4, 0.5) is 0 Å². The van der Waals surface area contributed by atoms with Crippen LogP contribution in [0.25, 0.3) is 22.4 Å². The summed E-state index contributed by atoms with van der Waals surface area (Å²) >= 11 is 0. The number of likely N-dealkylation sites (tertiary alicyclic amines) is 1. The van der Waals surface area contributed by atoms with Crippen LogP contribution in [0.2, 0.25) is 0 Å². The van der Waals surface area contributed by atoms with Crippen molar-refractivity contribution in [3.63, 3.8) is 0 Å². The Morgan fingerprint density at radius 3 is 2.53 bits per heavy atom. The average Bonchev–Trinajstić information content (AvgIpc) is 3.23. The van der Waals surface area contributed by atoms with Gasteiger partial charge < -0.3 is 20.3 Å². The second kappa shape index (κ2) is 10.2. The van der Waals surface area contributed by atoms with Crippen LogP contribution in [0, 0.1) is 19.8 Å². The number of nitrogens with zero attached hydrogens (tertiary/aromatic N) is 2. The van der Waals surface area contributed by atoms with E-state index < -0.39 is 0 Å². The van der Waals surface area contributed by atoms with Crippen LogP contribution in [0.1, 0.15) is 24.1 Å². The molecule has 4 N–H and O–H groups in total. The largest absolute Gasteiger partial charge is 0.507 e. The molecule has 0 aliphatic carbocycles. The molecule has 0 saturated carbocycles. The molecule has 2 heterocycles.